The molecule has 28 nitrogen and oxygen atoms in total. The van der Waals surface area contributed by atoms with Gasteiger partial charge < -0.3 is 62.0 Å². The molecule has 7 atom stereocenters. The number of methoxy groups -OCH3 is 1. The smallest absolute Gasteiger partial charge is 0.327 e. The number of fused-ring (bicyclic) bond motifs is 9. The van der Waals surface area contributed by atoms with Gasteiger partial charge in [-0.15, -0.1) is 0 Å². The van der Waals surface area contributed by atoms with Crippen LogP contribution in [0.5, 0.6) is 0 Å². The fraction of sp³-hybridized carbons (Fsp3) is 0.431. The molecular weight excluding hydrogens is 1260 g/mol. The lowest BCUT2D eigenvalue weighted by molar-refractivity contribution is -0.141. The van der Waals surface area contributed by atoms with Crippen molar-refractivity contribution in [3.8, 4) is 0 Å². The molecule has 3 aliphatic rings. The quantitative estimate of drug-likeness (QED) is 0.00762. The van der Waals surface area contributed by atoms with Gasteiger partial charge in [-0.2, -0.15) is 4.98 Å². The third kappa shape index (κ3) is 16.3. The molecule has 8 bridgehead atoms. The number of carboxylic acids is 2. The maximum atomic E-state index is 14.5. The van der Waals surface area contributed by atoms with Gasteiger partial charge in [-0.3, -0.25) is 53.3 Å². The molecular formula is C65H76N14O14S2. The van der Waals surface area contributed by atoms with Crippen molar-refractivity contribution in [3.05, 3.63) is 121 Å². The third-order valence-corrected chi connectivity index (χ3v) is 19.6. The predicted octanol–water partition coefficient (Wildman–Crippen LogP) is 6.42. The Labute approximate surface area is 552 Å². The van der Waals surface area contributed by atoms with Crippen LogP contribution in [0, 0.1) is 13.8 Å². The Bertz CT molecular complexity index is 4230. The van der Waals surface area contributed by atoms with Crippen molar-refractivity contribution in [2.45, 2.75) is 135 Å². The lowest BCUT2D eigenvalue weighted by Gasteiger charge is -2.19. The number of anilines is 2. The summed E-state index contributed by atoms with van der Waals surface area (Å²) < 4.78 is 10.7. The van der Waals surface area contributed by atoms with Crippen LogP contribution in [0.3, 0.4) is 0 Å². The van der Waals surface area contributed by atoms with E-state index in [-0.39, 0.29) is 123 Å². The van der Waals surface area contributed by atoms with Crippen LogP contribution in [-0.4, -0.2) is 160 Å². The van der Waals surface area contributed by atoms with E-state index in [1.165, 1.54) is 54.0 Å². The number of nitrogens with two attached hydrogens (primary N) is 1. The highest BCUT2D eigenvalue weighted by atomic mass is 33.1. The summed E-state index contributed by atoms with van der Waals surface area (Å²) in [5.74, 6) is -7.51. The monoisotopic (exact) mass is 1340 g/mol. The normalized spacial score (nSPS) is 17.0. The minimum atomic E-state index is -1.38. The zero-order valence-corrected chi connectivity index (χ0v) is 55.1. The van der Waals surface area contributed by atoms with Gasteiger partial charge in [-0.25, -0.2) is 19.6 Å². The number of esters is 1. The second-order valence-electron chi connectivity index (χ2n) is 23.5. The molecule has 5 aromatic heterocycles. The molecule has 0 spiro atoms. The topological polar surface area (TPSA) is 428 Å². The van der Waals surface area contributed by atoms with E-state index in [9.17, 15) is 58.2 Å². The number of amides is 4. The number of carbonyl (C=O) groups excluding carboxylic acids is 7. The Morgan fingerprint density at radius 1 is 0.737 bits per heavy atom. The number of hydrogen-bond acceptors (Lipinski definition) is 21. The number of nitrogens with zero attached hydrogens (tertiary/aromatic N) is 5. The van der Waals surface area contributed by atoms with E-state index in [1.807, 2.05) is 39.0 Å². The Hall–Kier alpha value is -9.55. The van der Waals surface area contributed by atoms with Crippen LogP contribution in [0.1, 0.15) is 178 Å². The van der Waals surface area contributed by atoms with Crippen molar-refractivity contribution in [2.24, 2.45) is 0 Å². The Kier molecular flexibility index (Phi) is 22.9. The molecule has 30 heteroatoms. The molecule has 0 radical (unpaired) electrons. The molecule has 502 valence electrons. The van der Waals surface area contributed by atoms with Crippen LogP contribution in [0.2, 0.25) is 0 Å². The number of carbonyl (C=O) groups is 9. The van der Waals surface area contributed by atoms with Crippen LogP contribution in [0.25, 0.3) is 33.2 Å². The van der Waals surface area contributed by atoms with Gasteiger partial charge in [-0.05, 0) is 93.6 Å². The summed E-state index contributed by atoms with van der Waals surface area (Å²) >= 11 is 0. The van der Waals surface area contributed by atoms with Gasteiger partial charge >= 0.3 is 17.9 Å². The molecule has 1 aromatic carbocycles. The summed E-state index contributed by atoms with van der Waals surface area (Å²) in [5.41, 5.74) is 14.3. The number of aromatic amines is 3. The Balaban J connectivity index is 0.709. The second-order valence-corrected chi connectivity index (χ2v) is 26.2. The van der Waals surface area contributed by atoms with Crippen molar-refractivity contribution in [2.75, 3.05) is 56.0 Å². The number of rotatable bonds is 30. The Morgan fingerprint density at radius 2 is 1.42 bits per heavy atom. The van der Waals surface area contributed by atoms with Crippen LogP contribution in [-0.2, 0) is 44.8 Å². The summed E-state index contributed by atoms with van der Waals surface area (Å²) in [7, 11) is 3.75. The molecule has 12 N–H and O–H groups in total. The number of ketones is 2. The van der Waals surface area contributed by atoms with Gasteiger partial charge in [0.05, 0.1) is 55.5 Å². The van der Waals surface area contributed by atoms with Gasteiger partial charge in [0.2, 0.25) is 23.7 Å². The summed E-state index contributed by atoms with van der Waals surface area (Å²) in [4.78, 5) is 162. The van der Waals surface area contributed by atoms with E-state index < -0.39 is 70.9 Å². The summed E-state index contributed by atoms with van der Waals surface area (Å²) in [6.07, 6.45) is 2.91. The highest BCUT2D eigenvalue weighted by molar-refractivity contribution is 8.76. The summed E-state index contributed by atoms with van der Waals surface area (Å²) in [6.45, 7) is 11.8. The van der Waals surface area contributed by atoms with E-state index in [0.29, 0.717) is 72.8 Å². The SMILES string of the molecule is CCC[C@H]1c2cc3[nH]c4c(c3C)C(=O)C(C(=O)OC)c4c3nc(cc4[nH]c(cc(n2)[C@@H]1C)c(C(C)=O)c4C)[C@@H](C)[C@@H]3CCC(=O)NCCSSC[C@@H](NC(=O)CCOCCNC(=O)CC[C@H](NC(=O)c1ccc(NCc2cnc3nc(N)[nH]c(=O)c3n2)cc1)C(=O)O)C(=O)O. The van der Waals surface area contributed by atoms with E-state index in [4.69, 9.17) is 25.2 Å². The van der Waals surface area contributed by atoms with Gasteiger partial charge in [0.25, 0.3) is 11.5 Å². The van der Waals surface area contributed by atoms with E-state index >= 15 is 0 Å². The first-order valence-electron chi connectivity index (χ1n) is 31.1. The first-order valence-corrected chi connectivity index (χ1v) is 33.6. The fourth-order valence-electron chi connectivity index (χ4n) is 12.1. The lowest BCUT2D eigenvalue weighted by Crippen LogP contribution is -2.42. The first-order chi connectivity index (χ1) is 45.5. The van der Waals surface area contributed by atoms with E-state index in [2.05, 4.69) is 70.3 Å². The number of ether oxygens (including phenoxy) is 2. The maximum Gasteiger partial charge on any atom is 0.327 e. The standard InChI is InChI=1S/C65H76N14O14S2/c1-8-9-38-30(2)41-26-46-51(34(6)80)32(4)43(73-46)24-42-31(3)39(55(75-42)53-54(64(91)92-7)58(84)52-33(5)44(76-56(52)53)25-45(38)72-41)14-16-48(81)68-20-23-94-95-29-47(63(89)90)74-50(83)18-21-93-22-19-67-49(82)17-15-40(62(87)88)77-60(85)35-10-12-36(13-11-35)69-27-37-28-70-59-57(71-37)61(86)79-65(66)78-59/h10-13,24-26,28,30-31,38-40,47,54,69,73,76H,8-9,14-23,27,29H2,1-7H3,(H,67,82)(H,68,81)(H,74,83)(H,77,85)(H,87,88)(H,89,90)(H3,66,70,78,79,86)/t30-,31+,38-,39+,40+,47-,54?/m1/s1. The molecule has 4 amide bonds. The highest BCUT2D eigenvalue weighted by Crippen LogP contribution is 2.48. The van der Waals surface area contributed by atoms with Crippen molar-refractivity contribution < 1.29 is 62.8 Å². The van der Waals surface area contributed by atoms with Gasteiger partial charge in [-0.1, -0.05) is 48.8 Å². The zero-order chi connectivity index (χ0) is 68.4. The number of nitrogen functional groups attached to an aromatic ring is 1. The molecule has 6 aromatic rings. The summed E-state index contributed by atoms with van der Waals surface area (Å²) in [5, 5.41) is 33.2. The largest absolute Gasteiger partial charge is 0.480 e. The maximum absolute atomic E-state index is 14.5. The van der Waals surface area contributed by atoms with Gasteiger partial charge in [0.1, 0.15) is 18.0 Å². The average Bonchev–Trinajstić information content (AvgIpc) is 1.56. The molecule has 0 saturated heterocycles. The zero-order valence-electron chi connectivity index (χ0n) is 53.5. The van der Waals surface area contributed by atoms with Crippen molar-refractivity contribution >= 4 is 120 Å². The third-order valence-electron chi connectivity index (χ3n) is 17.1. The van der Waals surface area contributed by atoms with Crippen molar-refractivity contribution in [1.29, 1.82) is 0 Å². The number of H-pyrrole nitrogens is 3. The molecule has 0 saturated carbocycles. The predicted molar refractivity (Wildman–Crippen MR) is 356 cm³/mol. The molecule has 1 unspecified atom stereocenters. The van der Waals surface area contributed by atoms with Gasteiger partial charge in [0.15, 0.2) is 22.7 Å². The molecule has 1 aliphatic carbocycles. The average molecular weight is 1340 g/mol. The molecule has 2 aliphatic heterocycles. The number of hydrogen-bond donors (Lipinski definition) is 11. The highest BCUT2D eigenvalue weighted by Gasteiger charge is 2.46. The van der Waals surface area contributed by atoms with E-state index in [1.54, 1.807) is 12.1 Å². The number of benzene rings is 1. The molecule has 7 heterocycles. The number of aliphatic carboxylic acids is 2. The summed E-state index contributed by atoms with van der Waals surface area (Å²) in [6, 6.07) is 9.37. The van der Waals surface area contributed by atoms with E-state index in [0.717, 1.165) is 29.8 Å². The number of nitrogens with one attached hydrogen (secondary N) is 8. The lowest BCUT2D eigenvalue weighted by atomic mass is 9.84. The number of carboxylic acid groups (broad SMARTS) is 2. The van der Waals surface area contributed by atoms with Crippen LogP contribution < -0.4 is 37.9 Å². The van der Waals surface area contributed by atoms with Crippen molar-refractivity contribution in [1.82, 2.24) is 61.1 Å². The fourth-order valence-corrected chi connectivity index (χ4v) is 14.1. The Morgan fingerprint density at radius 3 is 2.14 bits per heavy atom. The molecule has 0 fully saturated rings. The second kappa shape index (κ2) is 31.1. The van der Waals surface area contributed by atoms with Crippen molar-refractivity contribution in [3.63, 3.8) is 0 Å². The minimum Gasteiger partial charge on any atom is -0.480 e. The number of aryl methyl sites for hydroxylation is 2. The minimum absolute atomic E-state index is 0.00737. The molecule has 95 heavy (non-hydrogen) atoms. The first kappa shape index (κ1) is 69.8. The van der Waals surface area contributed by atoms with Gasteiger partial charge in [0, 0.05) is 124 Å². The number of aromatic nitrogens is 8. The van der Waals surface area contributed by atoms with Crippen LogP contribution in [0.15, 0.2) is 53.5 Å². The van der Waals surface area contributed by atoms with Crippen LogP contribution in [0.4, 0.5) is 11.6 Å². The van der Waals surface area contributed by atoms with Crippen LogP contribution >= 0.6 is 21.6 Å². The molecule has 9 rings (SSSR count). The number of Topliss-reactive ketones (excluding diaryl/α,β-unsaturated/α-hetero) is 2.